The molecule has 1 heterocycles. The summed E-state index contributed by atoms with van der Waals surface area (Å²) in [6.45, 7) is 7.99. The first kappa shape index (κ1) is 33.4. The zero-order chi connectivity index (χ0) is 31.1. The van der Waals surface area contributed by atoms with Crippen molar-refractivity contribution < 1.29 is 39.1 Å². The van der Waals surface area contributed by atoms with Gasteiger partial charge in [0.15, 0.2) is 11.6 Å². The van der Waals surface area contributed by atoms with Crippen LogP contribution >= 0.6 is 0 Å². The van der Waals surface area contributed by atoms with Crippen LogP contribution in [0.1, 0.15) is 116 Å². The van der Waals surface area contributed by atoms with Gasteiger partial charge in [-0.15, -0.1) is 0 Å². The number of aliphatic hydroxyl groups is 3. The number of carbonyl (C=O) groups is 2. The van der Waals surface area contributed by atoms with Gasteiger partial charge in [-0.1, -0.05) is 44.2 Å². The fourth-order valence-electron chi connectivity index (χ4n) is 6.30. The zero-order valence-electron chi connectivity index (χ0n) is 25.9. The Morgan fingerprint density at radius 2 is 1.26 bits per heavy atom. The van der Waals surface area contributed by atoms with Crippen LogP contribution < -0.4 is 0 Å². The highest BCUT2D eigenvalue weighted by Gasteiger charge is 2.32. The van der Waals surface area contributed by atoms with Gasteiger partial charge in [-0.25, -0.2) is 0 Å². The lowest BCUT2D eigenvalue weighted by molar-refractivity contribution is -0.140. The molecule has 8 heteroatoms. The molecule has 0 aromatic heterocycles. The summed E-state index contributed by atoms with van der Waals surface area (Å²) in [6, 6.07) is 12.1. The third-order valence-electron chi connectivity index (χ3n) is 8.54. The number of hydrogen-bond acceptors (Lipinski definition) is 8. The molecule has 0 spiro atoms. The van der Waals surface area contributed by atoms with E-state index in [1.807, 2.05) is 13.0 Å². The van der Waals surface area contributed by atoms with Crippen LogP contribution in [-0.2, 0) is 20.8 Å². The Bertz CT molecular complexity index is 1210. The second-order valence-electron chi connectivity index (χ2n) is 12.4. The Hall–Kier alpha value is -2.46. The molecule has 1 aliphatic heterocycles. The van der Waals surface area contributed by atoms with Crippen molar-refractivity contribution in [1.82, 2.24) is 0 Å². The van der Waals surface area contributed by atoms with Crippen molar-refractivity contribution in [1.29, 1.82) is 0 Å². The summed E-state index contributed by atoms with van der Waals surface area (Å²) >= 11 is 0. The van der Waals surface area contributed by atoms with Crippen LogP contribution in [0.5, 0.6) is 0 Å². The smallest absolute Gasteiger partial charge is 0.194 e. The molecule has 2 aromatic rings. The molecule has 1 saturated heterocycles. The van der Waals surface area contributed by atoms with Gasteiger partial charge in [0, 0.05) is 22.3 Å². The minimum atomic E-state index is -0.627. The second kappa shape index (κ2) is 15.5. The molecule has 8 nitrogen and oxygen atoms in total. The Morgan fingerprint density at radius 3 is 1.79 bits per heavy atom. The Morgan fingerprint density at radius 1 is 0.744 bits per heavy atom. The maximum absolute atomic E-state index is 13.1. The van der Waals surface area contributed by atoms with E-state index in [2.05, 4.69) is 13.8 Å². The molecule has 0 saturated carbocycles. The van der Waals surface area contributed by atoms with Crippen molar-refractivity contribution >= 4 is 11.6 Å². The highest BCUT2D eigenvalue weighted by atomic mass is 16.5. The minimum Gasteiger partial charge on any atom is -0.393 e. The summed E-state index contributed by atoms with van der Waals surface area (Å²) in [6.07, 6.45) is 2.16. The molecule has 1 aliphatic carbocycles. The van der Waals surface area contributed by atoms with E-state index in [0.717, 1.165) is 18.4 Å². The molecule has 2 aliphatic rings. The second-order valence-corrected chi connectivity index (χ2v) is 12.4. The van der Waals surface area contributed by atoms with Crippen LogP contribution in [0.2, 0.25) is 0 Å². The fourth-order valence-corrected chi connectivity index (χ4v) is 6.30. The Labute approximate surface area is 255 Å². The lowest BCUT2D eigenvalue weighted by Gasteiger charge is -2.36. The molecule has 0 amide bonds. The van der Waals surface area contributed by atoms with Crippen LogP contribution in [0.3, 0.4) is 0 Å². The van der Waals surface area contributed by atoms with E-state index in [9.17, 15) is 24.9 Å². The van der Waals surface area contributed by atoms with Gasteiger partial charge in [0.2, 0.25) is 0 Å². The molecular weight excluding hydrogens is 548 g/mol. The highest BCUT2D eigenvalue weighted by Crippen LogP contribution is 2.30. The molecule has 0 radical (unpaired) electrons. The van der Waals surface area contributed by atoms with Gasteiger partial charge < -0.3 is 29.5 Å². The SMILES string of the molecule is CCC1CC(CC(O)CC(C)OCc2ccc3c(c2)C(=O)c2ccccc2C3=O)OC(CC)CC(CC(O)CC(C)O)O1. The van der Waals surface area contributed by atoms with Gasteiger partial charge in [-0.05, 0) is 82.9 Å². The van der Waals surface area contributed by atoms with Crippen molar-refractivity contribution in [3.63, 3.8) is 0 Å². The van der Waals surface area contributed by atoms with E-state index >= 15 is 0 Å². The van der Waals surface area contributed by atoms with Crippen molar-refractivity contribution in [2.45, 2.75) is 135 Å². The lowest BCUT2D eigenvalue weighted by atomic mass is 9.83. The average molecular weight is 597 g/mol. The molecular formula is C35H48O8. The van der Waals surface area contributed by atoms with Gasteiger partial charge in [-0.3, -0.25) is 9.59 Å². The first-order valence-corrected chi connectivity index (χ1v) is 15.9. The normalized spacial score (nSPS) is 25.2. The van der Waals surface area contributed by atoms with E-state index in [1.165, 1.54) is 0 Å². The van der Waals surface area contributed by atoms with Crippen LogP contribution in [0.4, 0.5) is 0 Å². The van der Waals surface area contributed by atoms with Gasteiger partial charge in [0.1, 0.15) is 0 Å². The predicted octanol–water partition coefficient (Wildman–Crippen LogP) is 5.15. The number of ether oxygens (including phenoxy) is 3. The van der Waals surface area contributed by atoms with Crippen LogP contribution in [-0.4, -0.2) is 75.7 Å². The largest absolute Gasteiger partial charge is 0.393 e. The van der Waals surface area contributed by atoms with Crippen molar-refractivity contribution in [2.24, 2.45) is 0 Å². The fraction of sp³-hybridized carbons (Fsp3) is 0.600. The number of ketones is 2. The summed E-state index contributed by atoms with van der Waals surface area (Å²) < 4.78 is 18.9. The summed E-state index contributed by atoms with van der Waals surface area (Å²) in [7, 11) is 0. The number of rotatable bonds is 13. The molecule has 8 atom stereocenters. The van der Waals surface area contributed by atoms with E-state index in [4.69, 9.17) is 14.2 Å². The number of benzene rings is 2. The van der Waals surface area contributed by atoms with Gasteiger partial charge in [0.25, 0.3) is 0 Å². The highest BCUT2D eigenvalue weighted by molar-refractivity contribution is 6.28. The maximum atomic E-state index is 13.1. The Balaban J connectivity index is 1.29. The van der Waals surface area contributed by atoms with Crippen molar-refractivity contribution in [2.75, 3.05) is 0 Å². The minimum absolute atomic E-state index is 0.0435. The molecule has 3 N–H and O–H groups in total. The monoisotopic (exact) mass is 596 g/mol. The third kappa shape index (κ3) is 9.03. The van der Waals surface area contributed by atoms with Gasteiger partial charge in [-0.2, -0.15) is 0 Å². The van der Waals surface area contributed by atoms with E-state index < -0.39 is 18.3 Å². The van der Waals surface area contributed by atoms with Crippen molar-refractivity contribution in [3.05, 3.63) is 70.3 Å². The number of fused-ring (bicyclic) bond motifs is 2. The summed E-state index contributed by atoms with van der Waals surface area (Å²) in [4.78, 5) is 25.9. The summed E-state index contributed by atoms with van der Waals surface area (Å²) in [5.74, 6) is -0.298. The quantitative estimate of drug-likeness (QED) is 0.248. The first-order valence-electron chi connectivity index (χ1n) is 15.9. The topological polar surface area (TPSA) is 123 Å². The van der Waals surface area contributed by atoms with E-state index in [-0.39, 0.29) is 48.7 Å². The van der Waals surface area contributed by atoms with Gasteiger partial charge >= 0.3 is 0 Å². The zero-order valence-corrected chi connectivity index (χ0v) is 25.9. The lowest BCUT2D eigenvalue weighted by Crippen LogP contribution is -2.39. The van der Waals surface area contributed by atoms with Crippen molar-refractivity contribution in [3.8, 4) is 0 Å². The van der Waals surface area contributed by atoms with Crippen LogP contribution in [0.15, 0.2) is 42.5 Å². The predicted molar refractivity (Wildman–Crippen MR) is 163 cm³/mol. The van der Waals surface area contributed by atoms with E-state index in [1.54, 1.807) is 43.3 Å². The average Bonchev–Trinajstić information content (AvgIpc) is 2.96. The van der Waals surface area contributed by atoms with Gasteiger partial charge in [0.05, 0.1) is 55.4 Å². The third-order valence-corrected chi connectivity index (χ3v) is 8.54. The number of hydrogen-bond donors (Lipinski definition) is 3. The molecule has 236 valence electrons. The molecule has 4 rings (SSSR count). The Kier molecular flexibility index (Phi) is 12.1. The van der Waals surface area contributed by atoms with Crippen LogP contribution in [0.25, 0.3) is 0 Å². The molecule has 0 bridgehead atoms. The number of aliphatic hydroxyl groups excluding tert-OH is 3. The summed E-state index contributed by atoms with van der Waals surface area (Å²) in [5.41, 5.74) is 2.48. The maximum Gasteiger partial charge on any atom is 0.194 e. The summed E-state index contributed by atoms with van der Waals surface area (Å²) in [5, 5.41) is 31.0. The molecule has 2 aromatic carbocycles. The standard InChI is InChI=1S/C35H48O8/c1-5-26-18-28(16-24(37)13-21(3)36)42-27(6-2)19-29(43-26)17-25(38)14-22(4)41-20-23-11-12-32-33(15-23)35(40)31-10-8-7-9-30(31)34(32)39/h7-12,15,21-22,24-29,36-38H,5-6,13-14,16-20H2,1-4H3. The number of carbonyl (C=O) groups excluding carboxylic acids is 2. The molecule has 43 heavy (non-hydrogen) atoms. The van der Waals surface area contributed by atoms with E-state index in [0.29, 0.717) is 60.8 Å². The molecule has 1 fully saturated rings. The molecule has 8 unspecified atom stereocenters. The first-order chi connectivity index (χ1) is 20.6. The van der Waals surface area contributed by atoms with Crippen LogP contribution in [0, 0.1) is 0 Å².